The summed E-state index contributed by atoms with van der Waals surface area (Å²) in [5.74, 6) is -0.0135. The van der Waals surface area contributed by atoms with Crippen molar-refractivity contribution in [3.63, 3.8) is 0 Å². The largest absolute Gasteiger partial charge is 0.506 e. The van der Waals surface area contributed by atoms with Crippen LogP contribution in [0.3, 0.4) is 0 Å². The fraction of sp³-hybridized carbons (Fsp3) is 0.100. The third kappa shape index (κ3) is 3.35. The first-order valence-corrected chi connectivity index (χ1v) is 8.24. The molecule has 0 saturated carbocycles. The Kier molecular flexibility index (Phi) is 4.70. The van der Waals surface area contributed by atoms with Crippen LogP contribution >= 0.6 is 23.2 Å². The number of aromatic hydroxyl groups is 2. The van der Waals surface area contributed by atoms with Gasteiger partial charge in [0.2, 0.25) is 0 Å². The maximum atomic E-state index is 9.70. The number of hydrogen-bond donors (Lipinski definition) is 2. The molecule has 24 heavy (non-hydrogen) atoms. The standard InChI is InChI=1S/C20H16Cl2O2/c1-12-2-4-13(5-3-12)20(14-6-8-18(23)16(21)10-14)15-7-9-19(24)17(22)11-15/h2-11,20,23-24H,1H3. The Bertz CT molecular complexity index is 822. The number of phenols is 2. The first-order valence-electron chi connectivity index (χ1n) is 7.49. The van der Waals surface area contributed by atoms with E-state index in [1.807, 2.05) is 31.2 Å². The Morgan fingerprint density at radius 3 is 1.50 bits per heavy atom. The summed E-state index contributed by atoms with van der Waals surface area (Å²) in [4.78, 5) is 0. The topological polar surface area (TPSA) is 40.5 Å². The summed E-state index contributed by atoms with van der Waals surface area (Å²) < 4.78 is 0. The molecule has 0 bridgehead atoms. The second kappa shape index (κ2) is 6.76. The minimum atomic E-state index is -0.109. The van der Waals surface area contributed by atoms with E-state index in [9.17, 15) is 10.2 Å². The van der Waals surface area contributed by atoms with Gasteiger partial charge in [0.25, 0.3) is 0 Å². The highest BCUT2D eigenvalue weighted by molar-refractivity contribution is 6.32. The Hall–Kier alpha value is -2.16. The quantitative estimate of drug-likeness (QED) is 0.572. The van der Waals surface area contributed by atoms with E-state index in [-0.39, 0.29) is 17.4 Å². The van der Waals surface area contributed by atoms with Crippen molar-refractivity contribution in [2.45, 2.75) is 12.8 Å². The van der Waals surface area contributed by atoms with Crippen LogP contribution < -0.4 is 0 Å². The summed E-state index contributed by atoms with van der Waals surface area (Å²) in [6, 6.07) is 18.6. The van der Waals surface area contributed by atoms with Crippen LogP contribution in [-0.2, 0) is 0 Å². The Labute approximate surface area is 150 Å². The molecule has 3 aromatic rings. The van der Waals surface area contributed by atoms with Crippen molar-refractivity contribution in [3.05, 3.63) is 93.0 Å². The highest BCUT2D eigenvalue weighted by Gasteiger charge is 2.19. The average molecular weight is 359 g/mol. The molecular weight excluding hydrogens is 343 g/mol. The predicted octanol–water partition coefficient (Wildman–Crippen LogP) is 5.89. The van der Waals surface area contributed by atoms with Gasteiger partial charge in [-0.3, -0.25) is 0 Å². The van der Waals surface area contributed by atoms with Gasteiger partial charge in [0.15, 0.2) is 0 Å². The molecule has 0 amide bonds. The molecule has 0 unspecified atom stereocenters. The number of rotatable bonds is 3. The summed E-state index contributed by atoms with van der Waals surface area (Å²) in [5, 5.41) is 20.0. The number of hydrogen-bond acceptors (Lipinski definition) is 2. The van der Waals surface area contributed by atoms with E-state index >= 15 is 0 Å². The van der Waals surface area contributed by atoms with E-state index in [4.69, 9.17) is 23.2 Å². The molecule has 0 heterocycles. The zero-order valence-electron chi connectivity index (χ0n) is 13.0. The van der Waals surface area contributed by atoms with Crippen molar-refractivity contribution in [3.8, 4) is 11.5 Å². The molecule has 0 saturated heterocycles. The highest BCUT2D eigenvalue weighted by atomic mass is 35.5. The van der Waals surface area contributed by atoms with Crippen LogP contribution in [0, 0.1) is 6.92 Å². The van der Waals surface area contributed by atoms with Gasteiger partial charge in [0, 0.05) is 5.92 Å². The molecule has 4 heteroatoms. The molecule has 0 spiro atoms. The van der Waals surface area contributed by atoms with Crippen LogP contribution in [0.25, 0.3) is 0 Å². The predicted molar refractivity (Wildman–Crippen MR) is 98.4 cm³/mol. The van der Waals surface area contributed by atoms with Gasteiger partial charge in [-0.2, -0.15) is 0 Å². The van der Waals surface area contributed by atoms with Gasteiger partial charge in [-0.25, -0.2) is 0 Å². The SMILES string of the molecule is Cc1ccc(C(c2ccc(O)c(Cl)c2)c2ccc(O)c(Cl)c2)cc1. The van der Waals surface area contributed by atoms with E-state index < -0.39 is 0 Å². The van der Waals surface area contributed by atoms with Crippen molar-refractivity contribution < 1.29 is 10.2 Å². The van der Waals surface area contributed by atoms with Crippen LogP contribution in [0.4, 0.5) is 0 Å². The van der Waals surface area contributed by atoms with Gasteiger partial charge in [-0.15, -0.1) is 0 Å². The van der Waals surface area contributed by atoms with E-state index in [1.54, 1.807) is 24.3 Å². The fourth-order valence-electron chi connectivity index (χ4n) is 2.74. The van der Waals surface area contributed by atoms with Crippen molar-refractivity contribution >= 4 is 23.2 Å². The smallest absolute Gasteiger partial charge is 0.134 e. The van der Waals surface area contributed by atoms with Crippen molar-refractivity contribution in [1.29, 1.82) is 0 Å². The molecule has 122 valence electrons. The van der Waals surface area contributed by atoms with E-state index in [0.29, 0.717) is 10.0 Å². The number of benzene rings is 3. The molecule has 0 aliphatic carbocycles. The normalized spacial score (nSPS) is 11.0. The lowest BCUT2D eigenvalue weighted by molar-refractivity contribution is 0.475. The molecule has 0 fully saturated rings. The second-order valence-corrected chi connectivity index (χ2v) is 6.58. The zero-order chi connectivity index (χ0) is 17.3. The summed E-state index contributed by atoms with van der Waals surface area (Å²) in [7, 11) is 0. The maximum absolute atomic E-state index is 9.70. The number of phenolic OH excluding ortho intramolecular Hbond substituents is 2. The Morgan fingerprint density at radius 2 is 1.08 bits per heavy atom. The van der Waals surface area contributed by atoms with Gasteiger partial charge < -0.3 is 10.2 Å². The van der Waals surface area contributed by atoms with Crippen molar-refractivity contribution in [2.75, 3.05) is 0 Å². The van der Waals surface area contributed by atoms with Crippen LogP contribution in [0.1, 0.15) is 28.2 Å². The van der Waals surface area contributed by atoms with E-state index in [1.165, 1.54) is 5.56 Å². The van der Waals surface area contributed by atoms with Crippen molar-refractivity contribution in [2.24, 2.45) is 0 Å². The van der Waals surface area contributed by atoms with Crippen LogP contribution in [-0.4, -0.2) is 10.2 Å². The van der Waals surface area contributed by atoms with Gasteiger partial charge in [0.05, 0.1) is 10.0 Å². The molecule has 0 aliphatic rings. The lowest BCUT2D eigenvalue weighted by Gasteiger charge is -2.20. The summed E-state index contributed by atoms with van der Waals surface area (Å²) in [6.45, 7) is 2.04. The molecule has 0 radical (unpaired) electrons. The van der Waals surface area contributed by atoms with Crippen molar-refractivity contribution in [1.82, 2.24) is 0 Å². The highest BCUT2D eigenvalue weighted by Crippen LogP contribution is 2.37. The summed E-state index contributed by atoms with van der Waals surface area (Å²) >= 11 is 12.2. The molecule has 0 aromatic heterocycles. The van der Waals surface area contributed by atoms with E-state index in [0.717, 1.165) is 16.7 Å². The minimum absolute atomic E-state index is 0.0480. The monoisotopic (exact) mass is 358 g/mol. The molecule has 0 atom stereocenters. The summed E-state index contributed by atoms with van der Waals surface area (Å²) in [5.41, 5.74) is 4.11. The molecule has 3 aromatic carbocycles. The first kappa shape index (κ1) is 16.7. The number of halogens is 2. The first-order chi connectivity index (χ1) is 11.5. The van der Waals surface area contributed by atoms with Crippen LogP contribution in [0.5, 0.6) is 11.5 Å². The third-order valence-corrected chi connectivity index (χ3v) is 4.63. The average Bonchev–Trinajstić information content (AvgIpc) is 2.56. The second-order valence-electron chi connectivity index (χ2n) is 5.77. The molecule has 3 rings (SSSR count). The summed E-state index contributed by atoms with van der Waals surface area (Å²) in [6.07, 6.45) is 0. The van der Waals surface area contributed by atoms with Gasteiger partial charge in [-0.05, 0) is 47.9 Å². The lowest BCUT2D eigenvalue weighted by atomic mass is 9.85. The van der Waals surface area contributed by atoms with Gasteiger partial charge in [0.1, 0.15) is 11.5 Å². The minimum Gasteiger partial charge on any atom is -0.506 e. The van der Waals surface area contributed by atoms with Gasteiger partial charge in [-0.1, -0.05) is 65.2 Å². The fourth-order valence-corrected chi connectivity index (χ4v) is 3.12. The van der Waals surface area contributed by atoms with E-state index in [2.05, 4.69) is 12.1 Å². The Balaban J connectivity index is 2.17. The molecule has 2 nitrogen and oxygen atoms in total. The van der Waals surface area contributed by atoms with Crippen LogP contribution in [0.2, 0.25) is 10.0 Å². The molecule has 0 aliphatic heterocycles. The Morgan fingerprint density at radius 1 is 0.667 bits per heavy atom. The lowest BCUT2D eigenvalue weighted by Crippen LogP contribution is -2.03. The van der Waals surface area contributed by atoms with Gasteiger partial charge >= 0.3 is 0 Å². The number of aryl methyl sites for hydroxylation is 1. The zero-order valence-corrected chi connectivity index (χ0v) is 14.5. The third-order valence-electron chi connectivity index (χ3n) is 4.02. The molecular formula is C20H16Cl2O2. The molecule has 2 N–H and O–H groups in total. The maximum Gasteiger partial charge on any atom is 0.134 e. The van der Waals surface area contributed by atoms with Crippen LogP contribution in [0.15, 0.2) is 60.7 Å².